The third-order valence-electron chi connectivity index (χ3n) is 6.06. The highest BCUT2D eigenvalue weighted by Crippen LogP contribution is 2.32. The predicted octanol–water partition coefficient (Wildman–Crippen LogP) is 3.72. The standard InChI is InChI=1S/C22H36N6O2S/c1-4-5-6-16-7-9-17(10-8-16)21(29)24-11-13-28-20-18(15-25-28)19(23-12-14-30-2)26-22(27-20)31-3/h15-17H,4-14H2,1-3H3,(H,24,29)(H,23,26,27). The number of fused-ring (bicyclic) bond motifs is 1. The molecule has 0 radical (unpaired) electrons. The van der Waals surface area contributed by atoms with E-state index in [9.17, 15) is 4.79 Å². The van der Waals surface area contributed by atoms with Crippen LogP contribution in [0.4, 0.5) is 5.82 Å². The number of anilines is 1. The fraction of sp³-hybridized carbons (Fsp3) is 0.727. The molecule has 172 valence electrons. The number of unbranched alkanes of at least 4 members (excludes halogenated alkanes) is 1. The molecule has 0 spiro atoms. The monoisotopic (exact) mass is 448 g/mol. The van der Waals surface area contributed by atoms with Crippen LogP contribution in [-0.2, 0) is 16.1 Å². The van der Waals surface area contributed by atoms with Crippen molar-refractivity contribution in [2.24, 2.45) is 11.8 Å². The maximum Gasteiger partial charge on any atom is 0.223 e. The molecule has 0 unspecified atom stereocenters. The van der Waals surface area contributed by atoms with E-state index in [0.717, 1.165) is 35.6 Å². The molecule has 1 aliphatic carbocycles. The highest BCUT2D eigenvalue weighted by atomic mass is 32.2. The van der Waals surface area contributed by atoms with Gasteiger partial charge in [0.1, 0.15) is 5.82 Å². The van der Waals surface area contributed by atoms with E-state index in [-0.39, 0.29) is 11.8 Å². The zero-order chi connectivity index (χ0) is 22.1. The number of carbonyl (C=O) groups is 1. The Kier molecular flexibility index (Phi) is 9.39. The molecule has 31 heavy (non-hydrogen) atoms. The first kappa shape index (κ1) is 23.8. The Morgan fingerprint density at radius 1 is 1.26 bits per heavy atom. The molecule has 1 amide bonds. The average Bonchev–Trinajstić information content (AvgIpc) is 3.21. The molecule has 0 aromatic carbocycles. The second kappa shape index (κ2) is 12.2. The summed E-state index contributed by atoms with van der Waals surface area (Å²) in [6.45, 7) is 4.65. The largest absolute Gasteiger partial charge is 0.383 e. The Morgan fingerprint density at radius 3 is 2.77 bits per heavy atom. The molecular formula is C22H36N6O2S. The minimum absolute atomic E-state index is 0.161. The summed E-state index contributed by atoms with van der Waals surface area (Å²) < 4.78 is 6.96. The lowest BCUT2D eigenvalue weighted by Gasteiger charge is -2.27. The van der Waals surface area contributed by atoms with E-state index in [1.165, 1.54) is 43.9 Å². The van der Waals surface area contributed by atoms with Crippen molar-refractivity contribution >= 4 is 34.5 Å². The lowest BCUT2D eigenvalue weighted by atomic mass is 9.79. The van der Waals surface area contributed by atoms with Crippen LogP contribution in [0.15, 0.2) is 11.4 Å². The van der Waals surface area contributed by atoms with Gasteiger partial charge in [-0.05, 0) is 37.9 Å². The Labute approximate surface area is 189 Å². The molecule has 0 bridgehead atoms. The van der Waals surface area contributed by atoms with E-state index in [0.29, 0.717) is 31.4 Å². The molecule has 2 heterocycles. The molecule has 0 atom stereocenters. The van der Waals surface area contributed by atoms with Crippen LogP contribution in [0.1, 0.15) is 51.9 Å². The Balaban J connectivity index is 1.54. The first-order valence-electron chi connectivity index (χ1n) is 11.4. The number of amides is 1. The van der Waals surface area contributed by atoms with Crippen LogP contribution in [-0.4, -0.2) is 58.7 Å². The van der Waals surface area contributed by atoms with Gasteiger partial charge in [-0.25, -0.2) is 14.6 Å². The summed E-state index contributed by atoms with van der Waals surface area (Å²) >= 11 is 1.50. The first-order valence-corrected chi connectivity index (χ1v) is 12.7. The smallest absolute Gasteiger partial charge is 0.223 e. The van der Waals surface area contributed by atoms with Crippen molar-refractivity contribution < 1.29 is 9.53 Å². The van der Waals surface area contributed by atoms with Crippen LogP contribution >= 0.6 is 11.8 Å². The van der Waals surface area contributed by atoms with Gasteiger partial charge in [0.15, 0.2) is 10.8 Å². The number of nitrogens with zero attached hydrogens (tertiary/aromatic N) is 4. The third kappa shape index (κ3) is 6.55. The van der Waals surface area contributed by atoms with Gasteiger partial charge in [0.25, 0.3) is 0 Å². The lowest BCUT2D eigenvalue weighted by Crippen LogP contribution is -2.35. The van der Waals surface area contributed by atoms with Crippen molar-refractivity contribution in [2.45, 2.75) is 63.6 Å². The Bertz CT molecular complexity index is 835. The van der Waals surface area contributed by atoms with Crippen LogP contribution in [0.5, 0.6) is 0 Å². The highest BCUT2D eigenvalue weighted by molar-refractivity contribution is 7.98. The number of thioether (sulfide) groups is 1. The number of carbonyl (C=O) groups excluding carboxylic acids is 1. The minimum atomic E-state index is 0.161. The molecule has 3 rings (SSSR count). The van der Waals surface area contributed by atoms with Gasteiger partial charge in [0, 0.05) is 26.1 Å². The third-order valence-corrected chi connectivity index (χ3v) is 6.61. The predicted molar refractivity (Wildman–Crippen MR) is 125 cm³/mol. The van der Waals surface area contributed by atoms with Crippen molar-refractivity contribution in [1.82, 2.24) is 25.1 Å². The van der Waals surface area contributed by atoms with Gasteiger partial charge >= 0.3 is 0 Å². The summed E-state index contributed by atoms with van der Waals surface area (Å²) in [5, 5.41) is 12.5. The van der Waals surface area contributed by atoms with Gasteiger partial charge in [-0.15, -0.1) is 0 Å². The zero-order valence-electron chi connectivity index (χ0n) is 19.0. The van der Waals surface area contributed by atoms with Crippen molar-refractivity contribution in [3.8, 4) is 0 Å². The molecule has 9 heteroatoms. The van der Waals surface area contributed by atoms with E-state index in [2.05, 4.69) is 32.6 Å². The molecular weight excluding hydrogens is 412 g/mol. The molecule has 1 aliphatic rings. The second-order valence-corrected chi connectivity index (χ2v) is 9.01. The summed E-state index contributed by atoms with van der Waals surface area (Å²) in [5.74, 6) is 1.93. The second-order valence-electron chi connectivity index (χ2n) is 8.23. The number of rotatable bonds is 12. The van der Waals surface area contributed by atoms with Crippen LogP contribution in [0.25, 0.3) is 11.0 Å². The van der Waals surface area contributed by atoms with E-state index >= 15 is 0 Å². The van der Waals surface area contributed by atoms with Crippen molar-refractivity contribution in [3.05, 3.63) is 6.20 Å². The summed E-state index contributed by atoms with van der Waals surface area (Å²) in [4.78, 5) is 21.8. The van der Waals surface area contributed by atoms with Gasteiger partial charge in [0.05, 0.1) is 24.7 Å². The molecule has 8 nitrogen and oxygen atoms in total. The van der Waals surface area contributed by atoms with Crippen LogP contribution < -0.4 is 10.6 Å². The number of aromatic nitrogens is 4. The quantitative estimate of drug-likeness (QED) is 0.290. The number of hydrogen-bond donors (Lipinski definition) is 2. The van der Waals surface area contributed by atoms with Crippen LogP contribution in [0, 0.1) is 11.8 Å². The maximum absolute atomic E-state index is 12.6. The number of ether oxygens (including phenoxy) is 1. The summed E-state index contributed by atoms with van der Waals surface area (Å²) in [5.41, 5.74) is 0.782. The average molecular weight is 449 g/mol. The normalized spacial score (nSPS) is 18.9. The van der Waals surface area contributed by atoms with Crippen molar-refractivity contribution in [3.63, 3.8) is 0 Å². The highest BCUT2D eigenvalue weighted by Gasteiger charge is 2.25. The zero-order valence-corrected chi connectivity index (χ0v) is 19.8. The summed E-state index contributed by atoms with van der Waals surface area (Å²) in [7, 11) is 1.68. The lowest BCUT2D eigenvalue weighted by molar-refractivity contribution is -0.126. The van der Waals surface area contributed by atoms with Gasteiger partial charge in [0.2, 0.25) is 5.91 Å². The number of hydrogen-bond acceptors (Lipinski definition) is 7. The van der Waals surface area contributed by atoms with Gasteiger partial charge in [-0.2, -0.15) is 5.10 Å². The van der Waals surface area contributed by atoms with Gasteiger partial charge in [-0.1, -0.05) is 37.9 Å². The fourth-order valence-corrected chi connectivity index (χ4v) is 4.59. The molecule has 2 N–H and O–H groups in total. The Morgan fingerprint density at radius 2 is 2.06 bits per heavy atom. The summed E-state index contributed by atoms with van der Waals surface area (Å²) in [6, 6.07) is 0. The first-order chi connectivity index (χ1) is 15.2. The van der Waals surface area contributed by atoms with Crippen LogP contribution in [0.2, 0.25) is 0 Å². The molecule has 0 saturated heterocycles. The van der Waals surface area contributed by atoms with E-state index in [1.807, 2.05) is 10.9 Å². The SMILES string of the molecule is CCCCC1CCC(C(=O)NCCn2ncc3c(NCCOC)nc(SC)nc32)CC1. The molecule has 2 aromatic rings. The van der Waals surface area contributed by atoms with Crippen LogP contribution in [0.3, 0.4) is 0 Å². The van der Waals surface area contributed by atoms with E-state index in [1.54, 1.807) is 13.3 Å². The van der Waals surface area contributed by atoms with Gasteiger partial charge in [-0.3, -0.25) is 4.79 Å². The van der Waals surface area contributed by atoms with Gasteiger partial charge < -0.3 is 15.4 Å². The van der Waals surface area contributed by atoms with Crippen molar-refractivity contribution in [1.29, 1.82) is 0 Å². The summed E-state index contributed by atoms with van der Waals surface area (Å²) in [6.07, 6.45) is 12.1. The fourth-order valence-electron chi connectivity index (χ4n) is 4.23. The van der Waals surface area contributed by atoms with E-state index in [4.69, 9.17) is 4.74 Å². The molecule has 1 saturated carbocycles. The Hall–Kier alpha value is -1.87. The number of nitrogens with one attached hydrogen (secondary N) is 2. The van der Waals surface area contributed by atoms with Crippen molar-refractivity contribution in [2.75, 3.05) is 38.4 Å². The van der Waals surface area contributed by atoms with E-state index < -0.39 is 0 Å². The molecule has 1 fully saturated rings. The number of methoxy groups -OCH3 is 1. The maximum atomic E-state index is 12.6. The molecule has 0 aliphatic heterocycles. The topological polar surface area (TPSA) is 94.0 Å². The molecule has 2 aromatic heterocycles. The minimum Gasteiger partial charge on any atom is -0.383 e.